The van der Waals surface area contributed by atoms with E-state index in [1.165, 1.54) is 16.4 Å². The first-order valence-corrected chi connectivity index (χ1v) is 10.2. The molecule has 25 heavy (non-hydrogen) atoms. The second-order valence-electron chi connectivity index (χ2n) is 6.66. The average molecular weight is 371 g/mol. The lowest BCUT2D eigenvalue weighted by Crippen LogP contribution is -2.52. The molecule has 1 N–H and O–H groups in total. The monoisotopic (exact) mass is 371 g/mol. The van der Waals surface area contributed by atoms with Gasteiger partial charge < -0.3 is 10.2 Å². The van der Waals surface area contributed by atoms with Crippen LogP contribution in [0.5, 0.6) is 0 Å². The fourth-order valence-corrected chi connectivity index (χ4v) is 4.32. The molecule has 1 fully saturated rings. The zero-order valence-electron chi connectivity index (χ0n) is 14.9. The van der Waals surface area contributed by atoms with Gasteiger partial charge in [-0.25, -0.2) is 12.8 Å². The smallest absolute Gasteiger partial charge is 0.238 e. The molecule has 0 radical (unpaired) electrons. The maximum atomic E-state index is 13.5. The molecule has 1 aliphatic rings. The Morgan fingerprint density at radius 2 is 2.12 bits per heavy atom. The fraction of sp³-hybridized carbons (Fsp3) is 0.588. The van der Waals surface area contributed by atoms with Crippen molar-refractivity contribution in [3.8, 4) is 0 Å². The Morgan fingerprint density at radius 3 is 2.72 bits per heavy atom. The highest BCUT2D eigenvalue weighted by Crippen LogP contribution is 2.21. The number of nitrogens with one attached hydrogen (secondary N) is 1. The Labute approximate surface area is 149 Å². The van der Waals surface area contributed by atoms with Crippen molar-refractivity contribution in [2.75, 3.05) is 33.4 Å². The third kappa shape index (κ3) is 5.23. The molecule has 2 unspecified atom stereocenters. The van der Waals surface area contributed by atoms with Crippen molar-refractivity contribution in [2.24, 2.45) is 0 Å². The van der Waals surface area contributed by atoms with E-state index in [2.05, 4.69) is 5.32 Å². The first-order chi connectivity index (χ1) is 11.7. The van der Waals surface area contributed by atoms with Gasteiger partial charge in [0.2, 0.25) is 15.9 Å². The lowest BCUT2D eigenvalue weighted by atomic mass is 10.0. The lowest BCUT2D eigenvalue weighted by Gasteiger charge is -2.33. The fourth-order valence-electron chi connectivity index (χ4n) is 3.19. The molecule has 1 amide bonds. The molecule has 0 spiro atoms. The first kappa shape index (κ1) is 19.8. The molecule has 1 heterocycles. The second-order valence-corrected chi connectivity index (χ2v) is 8.60. The number of likely N-dealkylation sites (N-methyl/N-ethyl adjacent to an activating group) is 1. The van der Waals surface area contributed by atoms with E-state index >= 15 is 0 Å². The van der Waals surface area contributed by atoms with Crippen LogP contribution in [-0.4, -0.2) is 63.0 Å². The Kier molecular flexibility index (Phi) is 6.53. The van der Waals surface area contributed by atoms with Gasteiger partial charge in [0.05, 0.1) is 12.3 Å². The number of amides is 1. The predicted octanol–water partition coefficient (Wildman–Crippen LogP) is 1.36. The summed E-state index contributed by atoms with van der Waals surface area (Å²) in [5, 5.41) is 2.84. The third-order valence-corrected chi connectivity index (χ3v) is 5.80. The van der Waals surface area contributed by atoms with E-state index in [4.69, 9.17) is 0 Å². The number of rotatable bonds is 6. The summed E-state index contributed by atoms with van der Waals surface area (Å²) in [6.07, 6.45) is 3.24. The highest BCUT2D eigenvalue weighted by Gasteiger charge is 2.34. The maximum absolute atomic E-state index is 13.5. The largest absolute Gasteiger partial charge is 0.353 e. The average Bonchev–Trinajstić information content (AvgIpc) is 2.54. The van der Waals surface area contributed by atoms with E-state index in [0.29, 0.717) is 13.0 Å². The van der Waals surface area contributed by atoms with Gasteiger partial charge in [0.25, 0.3) is 0 Å². The molecule has 1 aromatic carbocycles. The lowest BCUT2D eigenvalue weighted by molar-refractivity contribution is -0.125. The molecule has 0 saturated carbocycles. The minimum Gasteiger partial charge on any atom is -0.353 e. The van der Waals surface area contributed by atoms with Crippen molar-refractivity contribution in [2.45, 2.75) is 31.3 Å². The molecule has 0 aromatic heterocycles. The van der Waals surface area contributed by atoms with Crippen LogP contribution in [0.1, 0.15) is 30.9 Å². The minimum atomic E-state index is -3.42. The molecular weight excluding hydrogens is 345 g/mol. The summed E-state index contributed by atoms with van der Waals surface area (Å²) in [6, 6.07) is 5.40. The quantitative estimate of drug-likeness (QED) is 0.820. The first-order valence-electron chi connectivity index (χ1n) is 8.36. The van der Waals surface area contributed by atoms with Crippen molar-refractivity contribution in [1.82, 2.24) is 14.5 Å². The predicted molar refractivity (Wildman–Crippen MR) is 95.0 cm³/mol. The van der Waals surface area contributed by atoms with Gasteiger partial charge in [0.1, 0.15) is 11.9 Å². The zero-order valence-corrected chi connectivity index (χ0v) is 15.7. The highest BCUT2D eigenvalue weighted by atomic mass is 32.2. The van der Waals surface area contributed by atoms with Crippen LogP contribution in [0.2, 0.25) is 0 Å². The molecule has 140 valence electrons. The van der Waals surface area contributed by atoms with Crippen LogP contribution in [0.25, 0.3) is 0 Å². The van der Waals surface area contributed by atoms with E-state index in [1.54, 1.807) is 6.07 Å². The summed E-state index contributed by atoms with van der Waals surface area (Å²) in [5.41, 5.74) is 0.758. The zero-order chi connectivity index (χ0) is 18.6. The number of hydrogen-bond acceptors (Lipinski definition) is 4. The van der Waals surface area contributed by atoms with Gasteiger partial charge in [0, 0.05) is 13.1 Å². The van der Waals surface area contributed by atoms with E-state index in [-0.39, 0.29) is 24.3 Å². The summed E-state index contributed by atoms with van der Waals surface area (Å²) in [6.45, 7) is 0.654. The van der Waals surface area contributed by atoms with Gasteiger partial charge in [-0.05, 0) is 44.6 Å². The van der Waals surface area contributed by atoms with E-state index in [1.807, 2.05) is 25.1 Å². The van der Waals surface area contributed by atoms with E-state index in [9.17, 15) is 17.6 Å². The van der Waals surface area contributed by atoms with Crippen LogP contribution in [0, 0.1) is 5.82 Å². The van der Waals surface area contributed by atoms with Crippen LogP contribution in [0.4, 0.5) is 4.39 Å². The molecule has 8 heteroatoms. The van der Waals surface area contributed by atoms with Crippen molar-refractivity contribution >= 4 is 15.9 Å². The molecule has 0 bridgehead atoms. The molecule has 1 saturated heterocycles. The van der Waals surface area contributed by atoms with Crippen LogP contribution in [0.3, 0.4) is 0 Å². The van der Waals surface area contributed by atoms with Gasteiger partial charge in [-0.15, -0.1) is 0 Å². The summed E-state index contributed by atoms with van der Waals surface area (Å²) in [5.74, 6) is -0.625. The number of carbonyl (C=O) groups excluding carboxylic acids is 1. The van der Waals surface area contributed by atoms with Gasteiger partial charge in [-0.3, -0.25) is 4.79 Å². The normalized spacial score (nSPS) is 20.4. The van der Waals surface area contributed by atoms with Crippen LogP contribution >= 0.6 is 0 Å². The Bertz CT molecular complexity index is 709. The molecular formula is C17H26FN3O3S. The highest BCUT2D eigenvalue weighted by molar-refractivity contribution is 7.88. The van der Waals surface area contributed by atoms with Crippen molar-refractivity contribution in [1.29, 1.82) is 0 Å². The van der Waals surface area contributed by atoms with Crippen LogP contribution in [-0.2, 0) is 14.8 Å². The molecule has 6 nitrogen and oxygen atoms in total. The number of halogens is 1. The number of hydrogen-bond donors (Lipinski definition) is 1. The topological polar surface area (TPSA) is 69.7 Å². The Morgan fingerprint density at radius 1 is 1.40 bits per heavy atom. The summed E-state index contributed by atoms with van der Waals surface area (Å²) in [4.78, 5) is 14.5. The Balaban J connectivity index is 2.08. The van der Waals surface area contributed by atoms with Gasteiger partial charge in [-0.2, -0.15) is 4.31 Å². The van der Waals surface area contributed by atoms with Gasteiger partial charge in [0.15, 0.2) is 0 Å². The number of carbonyl (C=O) groups is 1. The van der Waals surface area contributed by atoms with Crippen molar-refractivity contribution in [3.63, 3.8) is 0 Å². The molecule has 1 aromatic rings. The number of piperidine rings is 1. The summed E-state index contributed by atoms with van der Waals surface area (Å²) < 4.78 is 38.6. The van der Waals surface area contributed by atoms with Crippen LogP contribution < -0.4 is 5.32 Å². The number of benzene rings is 1. The molecule has 0 aliphatic carbocycles. The summed E-state index contributed by atoms with van der Waals surface area (Å²) >= 11 is 0. The van der Waals surface area contributed by atoms with Crippen molar-refractivity contribution < 1.29 is 17.6 Å². The number of sulfonamides is 1. The minimum absolute atomic E-state index is 0.199. The van der Waals surface area contributed by atoms with E-state index < -0.39 is 16.1 Å². The second kappa shape index (κ2) is 8.25. The van der Waals surface area contributed by atoms with Gasteiger partial charge >= 0.3 is 0 Å². The summed E-state index contributed by atoms with van der Waals surface area (Å²) in [7, 11) is 0.284. The molecule has 2 atom stereocenters. The van der Waals surface area contributed by atoms with Crippen molar-refractivity contribution in [3.05, 3.63) is 35.6 Å². The third-order valence-electron chi connectivity index (χ3n) is 4.51. The molecule has 2 rings (SSSR count). The molecule has 1 aliphatic heterocycles. The maximum Gasteiger partial charge on any atom is 0.238 e. The Hall–Kier alpha value is -1.51. The standard InChI is InChI=1S/C17H26FN3O3S/c1-20(2)16(13-7-6-8-14(18)11-13)12-19-17(22)15-9-4-5-10-21(15)25(3,23)24/h6-8,11,15-16H,4-5,9-10,12H2,1-3H3,(H,19,22). The SMILES string of the molecule is CN(C)C(CNC(=O)C1CCCCN1S(C)(=O)=O)c1cccc(F)c1. The van der Waals surface area contributed by atoms with E-state index in [0.717, 1.165) is 24.7 Å². The van der Waals surface area contributed by atoms with Gasteiger partial charge in [-0.1, -0.05) is 18.6 Å². The van der Waals surface area contributed by atoms with Crippen LogP contribution in [0.15, 0.2) is 24.3 Å². The number of nitrogens with zero attached hydrogens (tertiary/aromatic N) is 2.